The Morgan fingerprint density at radius 3 is 2.67 bits per heavy atom. The van der Waals surface area contributed by atoms with Crippen molar-refractivity contribution in [3.05, 3.63) is 29.0 Å². The second-order valence-electron chi connectivity index (χ2n) is 3.49. The van der Waals surface area contributed by atoms with Gasteiger partial charge in [0, 0.05) is 6.07 Å². The Labute approximate surface area is 108 Å². The third-order valence-corrected chi connectivity index (χ3v) is 2.37. The van der Waals surface area contributed by atoms with Crippen LogP contribution in [-0.4, -0.2) is 42.0 Å². The fourth-order valence-corrected chi connectivity index (χ4v) is 1.25. The normalized spacial score (nSPS) is 10.5. The molecule has 0 aliphatic rings. The molecule has 0 unspecified atom stereocenters. The van der Waals surface area contributed by atoms with Crippen molar-refractivity contribution in [1.29, 1.82) is 0 Å². The van der Waals surface area contributed by atoms with E-state index in [0.717, 1.165) is 6.07 Å². The van der Waals surface area contributed by atoms with Crippen molar-refractivity contribution in [2.24, 2.45) is 0 Å². The minimum absolute atomic E-state index is 0.0348. The number of aliphatic hydroxyl groups excluding tert-OH is 2. The summed E-state index contributed by atoms with van der Waals surface area (Å²) in [5.41, 5.74) is 0. The Balaban J connectivity index is 2.44. The van der Waals surface area contributed by atoms with Gasteiger partial charge in [-0.3, -0.25) is 4.79 Å². The second-order valence-corrected chi connectivity index (χ2v) is 3.90. The molecule has 0 aliphatic carbocycles. The Hall–Kier alpha value is -1.37. The van der Waals surface area contributed by atoms with Crippen LogP contribution in [0.4, 0.5) is 4.39 Å². The second kappa shape index (κ2) is 7.15. The molecule has 1 amide bonds. The third-order valence-electron chi connectivity index (χ3n) is 2.07. The quantitative estimate of drug-likeness (QED) is 0.700. The first kappa shape index (κ1) is 14.7. The first-order valence-corrected chi connectivity index (χ1v) is 5.53. The van der Waals surface area contributed by atoms with E-state index in [1.807, 2.05) is 0 Å². The number of halogens is 2. The lowest BCUT2D eigenvalue weighted by molar-refractivity contribution is -0.124. The fraction of sp³-hybridized carbons (Fsp3) is 0.364. The number of hydrogen-bond acceptors (Lipinski definition) is 4. The number of carbonyl (C=O) groups excluding carboxylic acids is 1. The average Bonchev–Trinajstić information content (AvgIpc) is 2.37. The molecule has 0 aromatic heterocycles. The van der Waals surface area contributed by atoms with E-state index in [1.165, 1.54) is 12.1 Å². The number of nitrogens with one attached hydrogen (secondary N) is 1. The summed E-state index contributed by atoms with van der Waals surface area (Å²) in [5, 5.41) is 19.8. The Morgan fingerprint density at radius 2 is 2.11 bits per heavy atom. The number of aliphatic hydroxyl groups is 2. The smallest absolute Gasteiger partial charge is 0.258 e. The molecule has 0 spiro atoms. The van der Waals surface area contributed by atoms with Crippen molar-refractivity contribution in [2.75, 3.05) is 19.8 Å². The van der Waals surface area contributed by atoms with Crippen LogP contribution in [0.5, 0.6) is 5.75 Å². The number of hydrogen-bond donors (Lipinski definition) is 3. The Morgan fingerprint density at radius 1 is 1.44 bits per heavy atom. The Bertz CT molecular complexity index is 412. The van der Waals surface area contributed by atoms with Crippen LogP contribution in [0.2, 0.25) is 5.02 Å². The molecule has 0 atom stereocenters. The molecule has 1 rings (SSSR count). The van der Waals surface area contributed by atoms with E-state index in [4.69, 9.17) is 26.6 Å². The summed E-state index contributed by atoms with van der Waals surface area (Å²) in [4.78, 5) is 11.3. The van der Waals surface area contributed by atoms with E-state index in [2.05, 4.69) is 5.32 Å². The van der Waals surface area contributed by atoms with Gasteiger partial charge in [0.1, 0.15) is 11.6 Å². The van der Waals surface area contributed by atoms with Crippen molar-refractivity contribution in [3.63, 3.8) is 0 Å². The van der Waals surface area contributed by atoms with E-state index in [9.17, 15) is 9.18 Å². The first-order chi connectivity index (χ1) is 8.56. The summed E-state index contributed by atoms with van der Waals surface area (Å²) in [7, 11) is 0. The SMILES string of the molecule is O=C(COc1ccc(Cl)c(F)c1)NC(CO)CO. The average molecular weight is 278 g/mol. The van der Waals surface area contributed by atoms with Gasteiger partial charge in [0.25, 0.3) is 5.91 Å². The zero-order chi connectivity index (χ0) is 13.5. The van der Waals surface area contributed by atoms with E-state index in [-0.39, 0.29) is 30.6 Å². The lowest BCUT2D eigenvalue weighted by Gasteiger charge is -2.13. The predicted octanol–water partition coefficient (Wildman–Crippen LogP) is 0.327. The third kappa shape index (κ3) is 4.48. The van der Waals surface area contributed by atoms with Crippen molar-refractivity contribution >= 4 is 17.5 Å². The molecule has 100 valence electrons. The van der Waals surface area contributed by atoms with Crippen molar-refractivity contribution in [2.45, 2.75) is 6.04 Å². The highest BCUT2D eigenvalue weighted by Gasteiger charge is 2.11. The molecule has 0 saturated heterocycles. The number of amides is 1. The maximum atomic E-state index is 13.0. The molecule has 0 aliphatic heterocycles. The van der Waals surface area contributed by atoms with Crippen molar-refractivity contribution < 1.29 is 24.1 Å². The molecule has 5 nitrogen and oxygen atoms in total. The Kier molecular flexibility index (Phi) is 5.84. The van der Waals surface area contributed by atoms with Crippen LogP contribution in [0.1, 0.15) is 0 Å². The highest BCUT2D eigenvalue weighted by Crippen LogP contribution is 2.20. The summed E-state index contributed by atoms with van der Waals surface area (Å²) in [6, 6.07) is 3.07. The lowest BCUT2D eigenvalue weighted by atomic mass is 10.3. The van der Waals surface area contributed by atoms with Gasteiger partial charge in [-0.15, -0.1) is 0 Å². The molecular formula is C11H13ClFNO4. The maximum Gasteiger partial charge on any atom is 0.258 e. The number of carbonyl (C=O) groups is 1. The topological polar surface area (TPSA) is 78.8 Å². The van der Waals surface area contributed by atoms with Crippen LogP contribution in [0.25, 0.3) is 0 Å². The van der Waals surface area contributed by atoms with Crippen molar-refractivity contribution in [3.8, 4) is 5.75 Å². The molecule has 3 N–H and O–H groups in total. The highest BCUT2D eigenvalue weighted by atomic mass is 35.5. The minimum atomic E-state index is -0.733. The van der Waals surface area contributed by atoms with Gasteiger partial charge >= 0.3 is 0 Å². The monoisotopic (exact) mass is 277 g/mol. The largest absolute Gasteiger partial charge is 0.484 e. The van der Waals surface area contributed by atoms with E-state index < -0.39 is 17.8 Å². The lowest BCUT2D eigenvalue weighted by Crippen LogP contribution is -2.42. The molecule has 0 fully saturated rings. The maximum absolute atomic E-state index is 13.0. The summed E-state index contributed by atoms with van der Waals surface area (Å²) in [6.45, 7) is -1.10. The van der Waals surface area contributed by atoms with Gasteiger partial charge in [0.2, 0.25) is 0 Å². The van der Waals surface area contributed by atoms with Crippen LogP contribution < -0.4 is 10.1 Å². The van der Waals surface area contributed by atoms with Crippen LogP contribution in [0, 0.1) is 5.82 Å². The minimum Gasteiger partial charge on any atom is -0.484 e. The first-order valence-electron chi connectivity index (χ1n) is 5.15. The molecular weight excluding hydrogens is 265 g/mol. The zero-order valence-electron chi connectivity index (χ0n) is 9.40. The molecule has 1 aromatic carbocycles. The van der Waals surface area contributed by atoms with E-state index in [0.29, 0.717) is 0 Å². The summed E-state index contributed by atoms with van der Waals surface area (Å²) < 4.78 is 18.1. The molecule has 7 heteroatoms. The molecule has 18 heavy (non-hydrogen) atoms. The summed E-state index contributed by atoms with van der Waals surface area (Å²) in [6.07, 6.45) is 0. The predicted molar refractivity (Wildman–Crippen MR) is 63.0 cm³/mol. The standard InChI is InChI=1S/C11H13ClFNO4/c12-9-2-1-8(3-10(9)13)18-6-11(17)14-7(4-15)5-16/h1-3,7,15-16H,4-6H2,(H,14,17). The zero-order valence-corrected chi connectivity index (χ0v) is 10.2. The van der Waals surface area contributed by atoms with Gasteiger partial charge in [-0.05, 0) is 12.1 Å². The molecule has 0 radical (unpaired) electrons. The molecule has 0 saturated carbocycles. The summed E-state index contributed by atoms with van der Waals surface area (Å²) >= 11 is 5.48. The number of rotatable bonds is 6. The van der Waals surface area contributed by atoms with Gasteiger partial charge < -0.3 is 20.3 Å². The van der Waals surface area contributed by atoms with Crippen LogP contribution in [-0.2, 0) is 4.79 Å². The van der Waals surface area contributed by atoms with Gasteiger partial charge in [0.05, 0.1) is 24.3 Å². The van der Waals surface area contributed by atoms with Gasteiger partial charge in [-0.1, -0.05) is 11.6 Å². The van der Waals surface area contributed by atoms with Crippen LogP contribution >= 0.6 is 11.6 Å². The number of ether oxygens (including phenoxy) is 1. The van der Waals surface area contributed by atoms with Gasteiger partial charge in [0.15, 0.2) is 6.61 Å². The van der Waals surface area contributed by atoms with Crippen LogP contribution in [0.3, 0.4) is 0 Å². The molecule has 0 bridgehead atoms. The fourth-order valence-electron chi connectivity index (χ4n) is 1.13. The van der Waals surface area contributed by atoms with Crippen molar-refractivity contribution in [1.82, 2.24) is 5.32 Å². The molecule has 1 aromatic rings. The number of benzene rings is 1. The van der Waals surface area contributed by atoms with E-state index >= 15 is 0 Å². The van der Waals surface area contributed by atoms with Crippen LogP contribution in [0.15, 0.2) is 18.2 Å². The van der Waals surface area contributed by atoms with E-state index in [1.54, 1.807) is 0 Å². The summed E-state index contributed by atoms with van der Waals surface area (Å²) in [5.74, 6) is -1.01. The molecule has 0 heterocycles. The highest BCUT2D eigenvalue weighted by molar-refractivity contribution is 6.30. The van der Waals surface area contributed by atoms with Gasteiger partial charge in [-0.2, -0.15) is 0 Å². The van der Waals surface area contributed by atoms with Gasteiger partial charge in [-0.25, -0.2) is 4.39 Å².